The number of hydrogen-bond donors (Lipinski definition) is 1. The van der Waals surface area contributed by atoms with Crippen LogP contribution in [-0.4, -0.2) is 34.8 Å². The number of aromatic nitrogens is 1. The highest BCUT2D eigenvalue weighted by Crippen LogP contribution is 2.36. The first kappa shape index (κ1) is 20.5. The van der Waals surface area contributed by atoms with Crippen LogP contribution in [0.15, 0.2) is 30.3 Å². The number of aryl methyl sites for hydroxylation is 1. The number of carbonyl (C=O) groups excluding carboxylic acids is 2. The average molecular weight is 400 g/mol. The molecule has 150 valence electrons. The molecule has 1 aromatic heterocycles. The lowest BCUT2D eigenvalue weighted by Crippen LogP contribution is -2.30. The van der Waals surface area contributed by atoms with E-state index in [0.717, 1.165) is 38.0 Å². The van der Waals surface area contributed by atoms with Gasteiger partial charge in [0.1, 0.15) is 0 Å². The summed E-state index contributed by atoms with van der Waals surface area (Å²) in [6, 6.07) is 10.6. The van der Waals surface area contributed by atoms with E-state index >= 15 is 0 Å². The summed E-state index contributed by atoms with van der Waals surface area (Å²) in [7, 11) is 0. The summed E-state index contributed by atoms with van der Waals surface area (Å²) in [6.07, 6.45) is 4.39. The molecule has 3 rings (SSSR count). The number of carbonyl (C=O) groups is 2. The Kier molecular flexibility index (Phi) is 7.20. The quantitative estimate of drug-likeness (QED) is 0.716. The lowest BCUT2D eigenvalue weighted by Gasteiger charge is -2.21. The number of hydrogen-bond acceptors (Lipinski definition) is 4. The van der Waals surface area contributed by atoms with Crippen molar-refractivity contribution in [3.8, 4) is 0 Å². The van der Waals surface area contributed by atoms with Gasteiger partial charge in [-0.05, 0) is 51.0 Å². The van der Waals surface area contributed by atoms with E-state index in [1.165, 1.54) is 10.4 Å². The van der Waals surface area contributed by atoms with Gasteiger partial charge in [0, 0.05) is 30.8 Å². The molecule has 2 amide bonds. The maximum Gasteiger partial charge on any atom is 0.226 e. The molecular formula is C22H29N3O2S. The molecule has 0 spiro atoms. The SMILES string of the molecule is CCN(CC)C(=O)CCCC(=O)Nc1nc2c(s1)CC(c1ccccc1)CC2. The predicted molar refractivity (Wildman–Crippen MR) is 114 cm³/mol. The zero-order valence-electron chi connectivity index (χ0n) is 16.7. The van der Waals surface area contributed by atoms with E-state index < -0.39 is 0 Å². The van der Waals surface area contributed by atoms with Crippen LogP contribution in [0.25, 0.3) is 0 Å². The van der Waals surface area contributed by atoms with Crippen LogP contribution in [0.3, 0.4) is 0 Å². The monoisotopic (exact) mass is 399 g/mol. The van der Waals surface area contributed by atoms with E-state index in [9.17, 15) is 9.59 Å². The Morgan fingerprint density at radius 2 is 1.93 bits per heavy atom. The standard InChI is InChI=1S/C22H29N3O2S/c1-3-25(4-2)21(27)12-8-11-20(26)24-22-23-18-14-13-17(15-19(18)28-22)16-9-6-5-7-10-16/h5-7,9-10,17H,3-4,8,11-15H2,1-2H3,(H,23,24,26). The smallest absolute Gasteiger partial charge is 0.226 e. The van der Waals surface area contributed by atoms with Crippen molar-refractivity contribution in [1.29, 1.82) is 0 Å². The van der Waals surface area contributed by atoms with Crippen molar-refractivity contribution < 1.29 is 9.59 Å². The minimum atomic E-state index is -0.0574. The molecule has 28 heavy (non-hydrogen) atoms. The van der Waals surface area contributed by atoms with Gasteiger partial charge >= 0.3 is 0 Å². The third-order valence-electron chi connectivity index (χ3n) is 5.37. The average Bonchev–Trinajstić information content (AvgIpc) is 3.10. The third kappa shape index (κ3) is 5.19. The molecule has 1 aliphatic carbocycles. The lowest BCUT2D eigenvalue weighted by atomic mass is 9.85. The summed E-state index contributed by atoms with van der Waals surface area (Å²) in [4.78, 5) is 32.0. The van der Waals surface area contributed by atoms with E-state index in [2.05, 4.69) is 34.6 Å². The van der Waals surface area contributed by atoms with E-state index in [-0.39, 0.29) is 11.8 Å². The van der Waals surface area contributed by atoms with Crippen molar-refractivity contribution >= 4 is 28.3 Å². The highest BCUT2D eigenvalue weighted by Gasteiger charge is 2.24. The summed E-state index contributed by atoms with van der Waals surface area (Å²) < 4.78 is 0. The Labute approximate surface area is 171 Å². The van der Waals surface area contributed by atoms with Gasteiger partial charge in [-0.3, -0.25) is 9.59 Å². The molecule has 1 heterocycles. The van der Waals surface area contributed by atoms with Crippen LogP contribution in [0.4, 0.5) is 5.13 Å². The number of fused-ring (bicyclic) bond motifs is 1. The van der Waals surface area contributed by atoms with Gasteiger partial charge < -0.3 is 10.2 Å². The molecule has 0 radical (unpaired) electrons. The number of nitrogens with zero attached hydrogens (tertiary/aromatic N) is 2. The zero-order chi connectivity index (χ0) is 19.9. The van der Waals surface area contributed by atoms with Gasteiger partial charge in [0.25, 0.3) is 0 Å². The molecule has 1 unspecified atom stereocenters. The molecule has 1 aliphatic rings. The van der Waals surface area contributed by atoms with Gasteiger partial charge in [0.2, 0.25) is 11.8 Å². The fourth-order valence-electron chi connectivity index (χ4n) is 3.75. The minimum Gasteiger partial charge on any atom is -0.343 e. The number of rotatable bonds is 8. The van der Waals surface area contributed by atoms with E-state index in [4.69, 9.17) is 0 Å². The Morgan fingerprint density at radius 1 is 1.18 bits per heavy atom. The molecule has 1 N–H and O–H groups in total. The Bertz CT molecular complexity index is 799. The molecule has 0 bridgehead atoms. The summed E-state index contributed by atoms with van der Waals surface area (Å²) in [5.41, 5.74) is 2.51. The first-order valence-corrected chi connectivity index (χ1v) is 11.0. The Hall–Kier alpha value is -2.21. The molecule has 6 heteroatoms. The number of nitrogens with one attached hydrogen (secondary N) is 1. The van der Waals surface area contributed by atoms with Gasteiger partial charge in [0.05, 0.1) is 5.69 Å². The first-order chi connectivity index (χ1) is 13.6. The number of amides is 2. The molecule has 1 atom stereocenters. The fourth-order valence-corrected chi connectivity index (χ4v) is 4.86. The van der Waals surface area contributed by atoms with E-state index in [0.29, 0.717) is 30.3 Å². The number of thiazole rings is 1. The lowest BCUT2D eigenvalue weighted by molar-refractivity contribution is -0.130. The number of anilines is 1. The van der Waals surface area contributed by atoms with Gasteiger partial charge in [-0.15, -0.1) is 11.3 Å². The molecule has 0 saturated carbocycles. The summed E-state index contributed by atoms with van der Waals surface area (Å²) in [5.74, 6) is 0.594. The Morgan fingerprint density at radius 3 is 2.64 bits per heavy atom. The van der Waals surface area contributed by atoms with Crippen LogP contribution in [0.2, 0.25) is 0 Å². The minimum absolute atomic E-state index is 0.0574. The highest BCUT2D eigenvalue weighted by molar-refractivity contribution is 7.15. The first-order valence-electron chi connectivity index (χ1n) is 10.2. The molecule has 0 saturated heterocycles. The maximum atomic E-state index is 12.2. The van der Waals surface area contributed by atoms with Crippen LogP contribution in [0.5, 0.6) is 0 Å². The van der Waals surface area contributed by atoms with Crippen molar-refractivity contribution in [2.45, 2.75) is 58.3 Å². The van der Waals surface area contributed by atoms with Crippen LogP contribution in [0.1, 0.15) is 61.6 Å². The number of benzene rings is 1. The second-order valence-corrected chi connectivity index (χ2v) is 8.29. The second kappa shape index (κ2) is 9.82. The normalized spacial score (nSPS) is 15.7. The van der Waals surface area contributed by atoms with Gasteiger partial charge in [-0.25, -0.2) is 4.98 Å². The fraction of sp³-hybridized carbons (Fsp3) is 0.500. The third-order valence-corrected chi connectivity index (χ3v) is 6.40. The van der Waals surface area contributed by atoms with Gasteiger partial charge in [-0.2, -0.15) is 0 Å². The largest absolute Gasteiger partial charge is 0.343 e. The summed E-state index contributed by atoms with van der Waals surface area (Å²) in [6.45, 7) is 5.38. The van der Waals surface area contributed by atoms with Crippen LogP contribution in [0, 0.1) is 0 Å². The molecule has 1 aromatic carbocycles. The Balaban J connectivity index is 1.49. The molecule has 0 fully saturated rings. The van der Waals surface area contributed by atoms with Crippen LogP contribution < -0.4 is 5.32 Å². The molecule has 0 aliphatic heterocycles. The van der Waals surface area contributed by atoms with Crippen molar-refractivity contribution in [1.82, 2.24) is 9.88 Å². The molecule has 5 nitrogen and oxygen atoms in total. The molecular weight excluding hydrogens is 370 g/mol. The van der Waals surface area contributed by atoms with Crippen molar-refractivity contribution in [3.05, 3.63) is 46.5 Å². The van der Waals surface area contributed by atoms with E-state index in [1.807, 2.05) is 19.9 Å². The van der Waals surface area contributed by atoms with Crippen molar-refractivity contribution in [2.24, 2.45) is 0 Å². The van der Waals surface area contributed by atoms with Gasteiger partial charge in [0.15, 0.2) is 5.13 Å². The van der Waals surface area contributed by atoms with Crippen LogP contribution >= 0.6 is 11.3 Å². The van der Waals surface area contributed by atoms with Crippen LogP contribution in [-0.2, 0) is 22.4 Å². The summed E-state index contributed by atoms with van der Waals surface area (Å²) in [5, 5.41) is 3.62. The van der Waals surface area contributed by atoms with Crippen molar-refractivity contribution in [2.75, 3.05) is 18.4 Å². The zero-order valence-corrected chi connectivity index (χ0v) is 17.6. The van der Waals surface area contributed by atoms with Crippen molar-refractivity contribution in [3.63, 3.8) is 0 Å². The van der Waals surface area contributed by atoms with Gasteiger partial charge in [-0.1, -0.05) is 30.3 Å². The predicted octanol–water partition coefficient (Wildman–Crippen LogP) is 4.39. The maximum absolute atomic E-state index is 12.2. The second-order valence-electron chi connectivity index (χ2n) is 7.21. The van der Waals surface area contributed by atoms with E-state index in [1.54, 1.807) is 16.2 Å². The topological polar surface area (TPSA) is 62.3 Å². The highest BCUT2D eigenvalue weighted by atomic mass is 32.1. The summed E-state index contributed by atoms with van der Waals surface area (Å²) >= 11 is 1.60. The molecule has 2 aromatic rings.